The van der Waals surface area contributed by atoms with Crippen molar-refractivity contribution in [2.45, 2.75) is 20.8 Å². The second kappa shape index (κ2) is 8.41. The van der Waals surface area contributed by atoms with Crippen molar-refractivity contribution in [1.82, 2.24) is 0 Å². The average molecular weight is 360 g/mol. The van der Waals surface area contributed by atoms with Gasteiger partial charge in [0.2, 0.25) is 0 Å². The first kappa shape index (κ1) is 18.6. The summed E-state index contributed by atoms with van der Waals surface area (Å²) in [5.41, 5.74) is 2.35. The molecule has 0 aliphatic rings. The predicted molar refractivity (Wildman–Crippen MR) is 94.4 cm³/mol. The van der Waals surface area contributed by atoms with Crippen LogP contribution in [0.5, 0.6) is 17.2 Å². The highest BCUT2D eigenvalue weighted by molar-refractivity contribution is 6.32. The van der Waals surface area contributed by atoms with Crippen LogP contribution in [0.3, 0.4) is 0 Å². The zero-order valence-electron chi connectivity index (χ0n) is 14.3. The van der Waals surface area contributed by atoms with Gasteiger partial charge in [-0.05, 0) is 44.0 Å². The van der Waals surface area contributed by atoms with Crippen molar-refractivity contribution in [1.29, 1.82) is 5.26 Å². The van der Waals surface area contributed by atoms with E-state index in [0.717, 1.165) is 11.1 Å². The van der Waals surface area contributed by atoms with E-state index in [9.17, 15) is 4.79 Å². The van der Waals surface area contributed by atoms with Crippen LogP contribution < -0.4 is 14.2 Å². The third-order valence-electron chi connectivity index (χ3n) is 3.55. The molecule has 6 heteroatoms. The number of rotatable bonds is 6. The average Bonchev–Trinajstić information content (AvgIpc) is 2.59. The maximum atomic E-state index is 12.1. The van der Waals surface area contributed by atoms with Gasteiger partial charge in [0.15, 0.2) is 18.1 Å². The van der Waals surface area contributed by atoms with Gasteiger partial charge in [0, 0.05) is 6.07 Å². The van der Waals surface area contributed by atoms with E-state index >= 15 is 0 Å². The monoisotopic (exact) mass is 359 g/mol. The quantitative estimate of drug-likeness (QED) is 0.570. The first-order valence-electron chi connectivity index (χ1n) is 7.72. The highest BCUT2D eigenvalue weighted by Gasteiger charge is 2.17. The Hall–Kier alpha value is -2.71. The number of halogens is 1. The molecule has 0 aromatic heterocycles. The number of ether oxygens (including phenoxy) is 3. The number of nitriles is 1. The number of carbonyl (C=O) groups excluding carboxylic acids is 1. The van der Waals surface area contributed by atoms with E-state index in [0.29, 0.717) is 17.9 Å². The molecule has 0 saturated heterocycles. The molecule has 0 radical (unpaired) electrons. The fraction of sp³-hybridized carbons (Fsp3) is 0.263. The van der Waals surface area contributed by atoms with E-state index in [1.54, 1.807) is 13.0 Å². The van der Waals surface area contributed by atoms with E-state index in [1.807, 2.05) is 32.0 Å². The third-order valence-corrected chi connectivity index (χ3v) is 3.84. The van der Waals surface area contributed by atoms with Gasteiger partial charge in [0.05, 0.1) is 23.3 Å². The summed E-state index contributed by atoms with van der Waals surface area (Å²) in [6.45, 7) is 5.73. The van der Waals surface area contributed by atoms with Gasteiger partial charge in [0.1, 0.15) is 5.75 Å². The maximum Gasteiger partial charge on any atom is 0.349 e. The molecule has 0 N–H and O–H groups in total. The van der Waals surface area contributed by atoms with Crippen molar-refractivity contribution < 1.29 is 19.0 Å². The van der Waals surface area contributed by atoms with Gasteiger partial charge in [-0.15, -0.1) is 0 Å². The second-order valence-electron chi connectivity index (χ2n) is 5.29. The Bertz CT molecular complexity index is 827. The van der Waals surface area contributed by atoms with E-state index in [-0.39, 0.29) is 23.1 Å². The zero-order chi connectivity index (χ0) is 18.4. The minimum absolute atomic E-state index is 0.0806. The highest BCUT2D eigenvalue weighted by atomic mass is 35.5. The SMILES string of the molecule is CCOc1cc(C#N)cc(Cl)c1OC(=O)COc1cccc(C)c1C. The van der Waals surface area contributed by atoms with E-state index in [2.05, 4.69) is 0 Å². The molecule has 130 valence electrons. The van der Waals surface area contributed by atoms with Crippen LogP contribution in [0.25, 0.3) is 0 Å². The lowest BCUT2D eigenvalue weighted by atomic mass is 10.1. The predicted octanol–water partition coefficient (Wildman–Crippen LogP) is 4.21. The normalized spacial score (nSPS) is 10.0. The molecular formula is C19H18ClNO4. The molecule has 5 nitrogen and oxygen atoms in total. The van der Waals surface area contributed by atoms with E-state index in [4.69, 9.17) is 31.1 Å². The Morgan fingerprint density at radius 1 is 1.20 bits per heavy atom. The molecule has 0 spiro atoms. The van der Waals surface area contributed by atoms with Crippen LogP contribution in [0.2, 0.25) is 5.02 Å². The molecule has 0 atom stereocenters. The number of esters is 1. The first-order valence-corrected chi connectivity index (χ1v) is 8.10. The molecule has 0 heterocycles. The fourth-order valence-electron chi connectivity index (χ4n) is 2.16. The lowest BCUT2D eigenvalue weighted by Crippen LogP contribution is -2.18. The molecule has 2 rings (SSSR count). The third kappa shape index (κ3) is 4.65. The van der Waals surface area contributed by atoms with Crippen LogP contribution in [0.15, 0.2) is 30.3 Å². The van der Waals surface area contributed by atoms with Crippen molar-refractivity contribution >= 4 is 17.6 Å². The number of carbonyl (C=O) groups is 1. The molecule has 0 aliphatic carbocycles. The fourth-order valence-corrected chi connectivity index (χ4v) is 2.40. The summed E-state index contributed by atoms with van der Waals surface area (Å²) in [6, 6.07) is 10.5. The second-order valence-corrected chi connectivity index (χ2v) is 5.70. The van der Waals surface area contributed by atoms with Crippen molar-refractivity contribution in [3.63, 3.8) is 0 Å². The van der Waals surface area contributed by atoms with Gasteiger partial charge in [-0.1, -0.05) is 23.7 Å². The first-order chi connectivity index (χ1) is 12.0. The summed E-state index contributed by atoms with van der Waals surface area (Å²) in [5, 5.41) is 9.12. The van der Waals surface area contributed by atoms with Gasteiger partial charge in [0.25, 0.3) is 0 Å². The summed E-state index contributed by atoms with van der Waals surface area (Å²) in [5.74, 6) is 0.324. The molecule has 0 saturated carbocycles. The molecule has 2 aromatic rings. The molecule has 0 bridgehead atoms. The number of aryl methyl sites for hydroxylation is 1. The Balaban J connectivity index is 2.12. The lowest BCUT2D eigenvalue weighted by Gasteiger charge is -2.14. The molecule has 2 aromatic carbocycles. The van der Waals surface area contributed by atoms with Gasteiger partial charge in [-0.3, -0.25) is 0 Å². The maximum absolute atomic E-state index is 12.1. The number of hydrogen-bond donors (Lipinski definition) is 0. The molecule has 0 fully saturated rings. The summed E-state index contributed by atoms with van der Waals surface area (Å²) in [7, 11) is 0. The van der Waals surface area contributed by atoms with Gasteiger partial charge < -0.3 is 14.2 Å². The standard InChI is InChI=1S/C19H18ClNO4/c1-4-23-17-9-14(10-21)8-15(20)19(17)25-18(22)11-24-16-7-5-6-12(2)13(16)3/h5-9H,4,11H2,1-3H3. The summed E-state index contributed by atoms with van der Waals surface area (Å²) >= 11 is 6.11. The van der Waals surface area contributed by atoms with Crippen LogP contribution in [0.1, 0.15) is 23.6 Å². The topological polar surface area (TPSA) is 68.5 Å². The minimum Gasteiger partial charge on any atom is -0.490 e. The van der Waals surface area contributed by atoms with Gasteiger partial charge >= 0.3 is 5.97 Å². The van der Waals surface area contributed by atoms with Crippen molar-refractivity contribution in [2.75, 3.05) is 13.2 Å². The number of hydrogen-bond acceptors (Lipinski definition) is 5. The van der Waals surface area contributed by atoms with Gasteiger partial charge in [-0.2, -0.15) is 5.26 Å². The van der Waals surface area contributed by atoms with Crippen LogP contribution in [0, 0.1) is 25.2 Å². The molecule has 0 aliphatic heterocycles. The molecule has 25 heavy (non-hydrogen) atoms. The van der Waals surface area contributed by atoms with Crippen LogP contribution in [-0.4, -0.2) is 19.2 Å². The van der Waals surface area contributed by atoms with Crippen molar-refractivity contribution in [3.05, 3.63) is 52.0 Å². The Labute approximate surface area is 151 Å². The minimum atomic E-state index is -0.617. The molecular weight excluding hydrogens is 342 g/mol. The Kier molecular flexibility index (Phi) is 6.26. The largest absolute Gasteiger partial charge is 0.490 e. The van der Waals surface area contributed by atoms with E-state index < -0.39 is 5.97 Å². The van der Waals surface area contributed by atoms with Crippen LogP contribution in [0.4, 0.5) is 0 Å². The van der Waals surface area contributed by atoms with Crippen LogP contribution >= 0.6 is 11.6 Å². The molecule has 0 unspecified atom stereocenters. The number of benzene rings is 2. The van der Waals surface area contributed by atoms with Crippen molar-refractivity contribution in [3.8, 4) is 23.3 Å². The summed E-state index contributed by atoms with van der Waals surface area (Å²) < 4.78 is 16.2. The smallest absolute Gasteiger partial charge is 0.349 e. The van der Waals surface area contributed by atoms with E-state index in [1.165, 1.54) is 12.1 Å². The molecule has 0 amide bonds. The lowest BCUT2D eigenvalue weighted by molar-refractivity contribution is -0.136. The Morgan fingerprint density at radius 2 is 1.96 bits per heavy atom. The number of nitrogens with zero attached hydrogens (tertiary/aromatic N) is 1. The Morgan fingerprint density at radius 3 is 2.64 bits per heavy atom. The van der Waals surface area contributed by atoms with Crippen molar-refractivity contribution in [2.24, 2.45) is 0 Å². The summed E-state index contributed by atoms with van der Waals surface area (Å²) in [6.07, 6.45) is 0. The van der Waals surface area contributed by atoms with Gasteiger partial charge in [-0.25, -0.2) is 4.79 Å². The zero-order valence-corrected chi connectivity index (χ0v) is 15.0. The van der Waals surface area contributed by atoms with Crippen LogP contribution in [-0.2, 0) is 4.79 Å². The summed E-state index contributed by atoms with van der Waals surface area (Å²) in [4.78, 5) is 12.1. The highest BCUT2D eigenvalue weighted by Crippen LogP contribution is 2.36.